The van der Waals surface area contributed by atoms with E-state index < -0.39 is 5.97 Å². The van der Waals surface area contributed by atoms with Gasteiger partial charge in [-0.1, -0.05) is 6.92 Å². The van der Waals surface area contributed by atoms with Crippen molar-refractivity contribution in [1.82, 2.24) is 4.98 Å². The maximum absolute atomic E-state index is 10.7. The Balaban J connectivity index is 2.80. The third-order valence-corrected chi connectivity index (χ3v) is 2.16. The quantitative estimate of drug-likeness (QED) is 0.668. The summed E-state index contributed by atoms with van der Waals surface area (Å²) in [6, 6.07) is 0. The fourth-order valence-corrected chi connectivity index (χ4v) is 1.34. The van der Waals surface area contributed by atoms with E-state index in [0.717, 1.165) is 11.4 Å². The molecule has 0 atom stereocenters. The molecule has 0 unspecified atom stereocenters. The van der Waals surface area contributed by atoms with Gasteiger partial charge in [-0.3, -0.25) is 0 Å². The van der Waals surface area contributed by atoms with Gasteiger partial charge in [-0.05, 0) is 6.42 Å². The number of carbonyl (C=O) groups excluding carboxylic acids is 1. The molecule has 0 spiro atoms. The number of nitrogens with two attached hydrogens (primary N) is 1. The second kappa shape index (κ2) is 3.45. The minimum atomic E-state index is -0.582. The highest BCUT2D eigenvalue weighted by Crippen LogP contribution is 2.10. The molecule has 0 radical (unpaired) electrons. The molecule has 0 saturated carbocycles. The molecule has 4 nitrogen and oxygen atoms in total. The maximum atomic E-state index is 10.7. The highest BCUT2D eigenvalue weighted by Gasteiger charge is 2.09. The van der Waals surface area contributed by atoms with E-state index >= 15 is 0 Å². The Kier molecular flexibility index (Phi) is 2.56. The van der Waals surface area contributed by atoms with Gasteiger partial charge in [0, 0.05) is 5.38 Å². The Hall–Kier alpha value is -0.940. The van der Waals surface area contributed by atoms with E-state index in [4.69, 9.17) is 0 Å². The molecule has 5 heteroatoms. The van der Waals surface area contributed by atoms with Gasteiger partial charge in [0.15, 0.2) is 5.69 Å². The van der Waals surface area contributed by atoms with Gasteiger partial charge in [0.05, 0.1) is 5.01 Å². The molecular formula is C6H8N2O2S. The minimum Gasteiger partial charge on any atom is -0.368 e. The van der Waals surface area contributed by atoms with Crippen LogP contribution >= 0.6 is 11.3 Å². The summed E-state index contributed by atoms with van der Waals surface area (Å²) >= 11 is 1.43. The van der Waals surface area contributed by atoms with Crippen molar-refractivity contribution >= 4 is 17.3 Å². The van der Waals surface area contributed by atoms with E-state index in [2.05, 4.69) is 15.7 Å². The molecule has 0 saturated heterocycles. The lowest BCUT2D eigenvalue weighted by molar-refractivity contribution is 0.0497. The fourth-order valence-electron chi connectivity index (χ4n) is 0.627. The van der Waals surface area contributed by atoms with Crippen molar-refractivity contribution in [2.24, 2.45) is 5.90 Å². The lowest BCUT2D eigenvalue weighted by Gasteiger charge is -1.89. The first-order chi connectivity index (χ1) is 5.27. The molecule has 1 rings (SSSR count). The summed E-state index contributed by atoms with van der Waals surface area (Å²) in [5, 5.41) is 2.54. The molecule has 0 aliphatic carbocycles. The third-order valence-electron chi connectivity index (χ3n) is 1.17. The van der Waals surface area contributed by atoms with Gasteiger partial charge in [0.25, 0.3) is 0 Å². The lowest BCUT2D eigenvalue weighted by Crippen LogP contribution is -2.10. The molecule has 60 valence electrons. The van der Waals surface area contributed by atoms with Gasteiger partial charge in [0.1, 0.15) is 0 Å². The summed E-state index contributed by atoms with van der Waals surface area (Å²) in [4.78, 5) is 18.7. The molecule has 0 amide bonds. The predicted molar refractivity (Wildman–Crippen MR) is 41.1 cm³/mol. The first-order valence-corrected chi connectivity index (χ1v) is 4.01. The Bertz CT molecular complexity index is 259. The smallest absolute Gasteiger partial charge is 0.368 e. The number of aryl methyl sites for hydroxylation is 1. The molecule has 1 heterocycles. The second-order valence-electron chi connectivity index (χ2n) is 1.89. The van der Waals surface area contributed by atoms with Crippen molar-refractivity contribution in [2.75, 3.05) is 0 Å². The van der Waals surface area contributed by atoms with Crippen molar-refractivity contribution in [1.29, 1.82) is 0 Å². The van der Waals surface area contributed by atoms with Gasteiger partial charge in [-0.15, -0.1) is 11.3 Å². The van der Waals surface area contributed by atoms with Gasteiger partial charge in [-0.25, -0.2) is 9.78 Å². The largest absolute Gasteiger partial charge is 0.376 e. The van der Waals surface area contributed by atoms with E-state index in [1.54, 1.807) is 5.38 Å². The van der Waals surface area contributed by atoms with Crippen molar-refractivity contribution in [3.05, 3.63) is 16.1 Å². The van der Waals surface area contributed by atoms with Crippen LogP contribution in [0.1, 0.15) is 22.4 Å². The van der Waals surface area contributed by atoms with Crippen LogP contribution in [0.5, 0.6) is 0 Å². The number of hydrogen-bond acceptors (Lipinski definition) is 5. The van der Waals surface area contributed by atoms with E-state index in [0.29, 0.717) is 0 Å². The summed E-state index contributed by atoms with van der Waals surface area (Å²) in [5.74, 6) is 4.09. The molecule has 0 bridgehead atoms. The van der Waals surface area contributed by atoms with E-state index in [1.165, 1.54) is 11.3 Å². The van der Waals surface area contributed by atoms with Gasteiger partial charge < -0.3 is 4.84 Å². The Morgan fingerprint density at radius 3 is 3.09 bits per heavy atom. The maximum Gasteiger partial charge on any atom is 0.376 e. The van der Waals surface area contributed by atoms with Crippen LogP contribution in [0.3, 0.4) is 0 Å². The summed E-state index contributed by atoms with van der Waals surface area (Å²) in [6.45, 7) is 1.97. The van der Waals surface area contributed by atoms with Gasteiger partial charge >= 0.3 is 5.97 Å². The number of hydrogen-bond donors (Lipinski definition) is 1. The van der Waals surface area contributed by atoms with Crippen LogP contribution in [-0.2, 0) is 11.3 Å². The zero-order valence-electron chi connectivity index (χ0n) is 6.03. The minimum absolute atomic E-state index is 0.286. The average Bonchev–Trinajstić information content (AvgIpc) is 2.50. The molecular weight excluding hydrogens is 164 g/mol. The molecule has 0 aliphatic rings. The molecule has 0 aromatic carbocycles. The van der Waals surface area contributed by atoms with Gasteiger partial charge in [-0.2, -0.15) is 5.90 Å². The zero-order valence-corrected chi connectivity index (χ0v) is 6.85. The molecule has 2 N–H and O–H groups in total. The second-order valence-corrected chi connectivity index (χ2v) is 2.83. The van der Waals surface area contributed by atoms with Crippen LogP contribution in [0.25, 0.3) is 0 Å². The predicted octanol–water partition coefficient (Wildman–Crippen LogP) is 0.736. The Morgan fingerprint density at radius 2 is 2.64 bits per heavy atom. The van der Waals surface area contributed by atoms with E-state index in [1.807, 2.05) is 6.92 Å². The Morgan fingerprint density at radius 1 is 1.91 bits per heavy atom. The standard InChI is InChI=1S/C6H8N2O2S/c1-2-5-8-4(3-11-5)6(9)10-7/h3H,2,7H2,1H3. The van der Waals surface area contributed by atoms with Crippen molar-refractivity contribution < 1.29 is 9.63 Å². The number of rotatable bonds is 2. The zero-order chi connectivity index (χ0) is 8.27. The van der Waals surface area contributed by atoms with Crippen molar-refractivity contribution in [2.45, 2.75) is 13.3 Å². The first-order valence-electron chi connectivity index (χ1n) is 3.13. The molecule has 1 aromatic heterocycles. The number of carbonyl (C=O) groups is 1. The fraction of sp³-hybridized carbons (Fsp3) is 0.333. The average molecular weight is 172 g/mol. The topological polar surface area (TPSA) is 65.2 Å². The van der Waals surface area contributed by atoms with Crippen molar-refractivity contribution in [3.63, 3.8) is 0 Å². The van der Waals surface area contributed by atoms with E-state index in [-0.39, 0.29) is 5.69 Å². The summed E-state index contributed by atoms with van der Waals surface area (Å²) in [7, 11) is 0. The van der Waals surface area contributed by atoms with Crippen LogP contribution < -0.4 is 5.90 Å². The highest BCUT2D eigenvalue weighted by molar-refractivity contribution is 7.09. The summed E-state index contributed by atoms with van der Waals surface area (Å²) < 4.78 is 0. The molecule has 1 aromatic rings. The third kappa shape index (κ3) is 1.75. The lowest BCUT2D eigenvalue weighted by atomic mass is 10.5. The van der Waals surface area contributed by atoms with Gasteiger partial charge in [0.2, 0.25) is 0 Å². The molecule has 0 aliphatic heterocycles. The Labute approximate surface area is 68.0 Å². The SMILES string of the molecule is CCc1nc(C(=O)ON)cs1. The number of thiazole rings is 1. The first kappa shape index (κ1) is 8.16. The summed E-state index contributed by atoms with van der Waals surface area (Å²) in [5.41, 5.74) is 0.286. The van der Waals surface area contributed by atoms with Crippen LogP contribution in [0, 0.1) is 0 Å². The number of nitrogens with zero attached hydrogens (tertiary/aromatic N) is 1. The number of aromatic nitrogens is 1. The van der Waals surface area contributed by atoms with Crippen LogP contribution in [-0.4, -0.2) is 11.0 Å². The van der Waals surface area contributed by atoms with Crippen LogP contribution in [0.2, 0.25) is 0 Å². The van der Waals surface area contributed by atoms with E-state index in [9.17, 15) is 4.79 Å². The summed E-state index contributed by atoms with van der Waals surface area (Å²) in [6.07, 6.45) is 0.822. The molecule has 0 fully saturated rings. The normalized spacial score (nSPS) is 9.64. The van der Waals surface area contributed by atoms with Crippen LogP contribution in [0.4, 0.5) is 0 Å². The van der Waals surface area contributed by atoms with Crippen molar-refractivity contribution in [3.8, 4) is 0 Å². The van der Waals surface area contributed by atoms with Crippen LogP contribution in [0.15, 0.2) is 5.38 Å². The monoisotopic (exact) mass is 172 g/mol. The molecule has 11 heavy (non-hydrogen) atoms. The highest BCUT2D eigenvalue weighted by atomic mass is 32.1.